The molecule has 0 saturated heterocycles. The number of fused-ring (bicyclic) bond motifs is 1. The van der Waals surface area contributed by atoms with Gasteiger partial charge in [-0.1, -0.05) is 12.1 Å². The van der Waals surface area contributed by atoms with Crippen molar-refractivity contribution in [1.29, 1.82) is 0 Å². The first-order chi connectivity index (χ1) is 16.2. The van der Waals surface area contributed by atoms with E-state index in [1.165, 1.54) is 18.2 Å². The Morgan fingerprint density at radius 3 is 2.47 bits per heavy atom. The van der Waals surface area contributed by atoms with Crippen LogP contribution in [0.1, 0.15) is 38.5 Å². The summed E-state index contributed by atoms with van der Waals surface area (Å²) in [6.45, 7) is 3.43. The Kier molecular flexibility index (Phi) is 6.00. The van der Waals surface area contributed by atoms with Gasteiger partial charge in [0.25, 0.3) is 17.5 Å². The monoisotopic (exact) mass is 461 g/mol. The van der Waals surface area contributed by atoms with Crippen LogP contribution >= 0.6 is 0 Å². The molecule has 3 aromatic rings. The Morgan fingerprint density at radius 2 is 1.76 bits per heavy atom. The molecule has 3 amide bonds. The molecule has 0 fully saturated rings. The molecule has 1 N–H and O–H groups in total. The number of nitro groups is 1. The van der Waals surface area contributed by atoms with E-state index in [2.05, 4.69) is 15.3 Å². The van der Waals surface area contributed by atoms with Gasteiger partial charge >= 0.3 is 6.01 Å². The molecule has 0 bridgehead atoms. The first-order valence-electron chi connectivity index (χ1n) is 10.3. The molecule has 11 nitrogen and oxygen atoms in total. The van der Waals surface area contributed by atoms with E-state index in [0.29, 0.717) is 11.4 Å². The molecule has 34 heavy (non-hydrogen) atoms. The summed E-state index contributed by atoms with van der Waals surface area (Å²) in [4.78, 5) is 57.4. The van der Waals surface area contributed by atoms with Gasteiger partial charge in [0.2, 0.25) is 5.91 Å². The third kappa shape index (κ3) is 4.58. The van der Waals surface area contributed by atoms with Crippen LogP contribution < -0.4 is 10.1 Å². The number of carbonyl (C=O) groups excluding carboxylic acids is 3. The highest BCUT2D eigenvalue weighted by atomic mass is 16.6. The number of hydrogen-bond acceptors (Lipinski definition) is 8. The van der Waals surface area contributed by atoms with E-state index in [1.54, 1.807) is 24.3 Å². The summed E-state index contributed by atoms with van der Waals surface area (Å²) in [7, 11) is 0. The molecule has 11 heteroatoms. The number of amides is 3. The molecule has 4 rings (SSSR count). The quantitative estimate of drug-likeness (QED) is 0.320. The SMILES string of the molecule is Cc1cc(C)nc(Oc2cccc(NC(=O)CCN3C(=O)c4cccc([N+](=O)[O-])c4C3=O)c2)n1. The van der Waals surface area contributed by atoms with Crippen molar-refractivity contribution in [3.63, 3.8) is 0 Å². The normalized spacial score (nSPS) is 12.5. The number of ether oxygens (including phenoxy) is 1. The van der Waals surface area contributed by atoms with Crippen molar-refractivity contribution < 1.29 is 24.0 Å². The van der Waals surface area contributed by atoms with Crippen molar-refractivity contribution in [3.8, 4) is 11.8 Å². The number of imide groups is 1. The van der Waals surface area contributed by atoms with Crippen LogP contribution in [0.25, 0.3) is 0 Å². The van der Waals surface area contributed by atoms with Gasteiger partial charge in [0.15, 0.2) is 0 Å². The number of nitro benzene ring substituents is 1. The highest BCUT2D eigenvalue weighted by Crippen LogP contribution is 2.30. The van der Waals surface area contributed by atoms with Gasteiger partial charge in [-0.3, -0.25) is 29.4 Å². The van der Waals surface area contributed by atoms with Gasteiger partial charge in [-0.2, -0.15) is 0 Å². The van der Waals surface area contributed by atoms with E-state index in [4.69, 9.17) is 4.74 Å². The summed E-state index contributed by atoms with van der Waals surface area (Å²) in [5, 5.41) is 13.9. The van der Waals surface area contributed by atoms with Crippen LogP contribution in [0.3, 0.4) is 0 Å². The highest BCUT2D eigenvalue weighted by Gasteiger charge is 2.40. The molecule has 0 unspecified atom stereocenters. The van der Waals surface area contributed by atoms with Crippen molar-refractivity contribution >= 4 is 29.1 Å². The summed E-state index contributed by atoms with van der Waals surface area (Å²) in [5.74, 6) is -1.49. The minimum Gasteiger partial charge on any atom is -0.424 e. The van der Waals surface area contributed by atoms with Crippen LogP contribution in [0.2, 0.25) is 0 Å². The predicted octanol–water partition coefficient (Wildman–Crippen LogP) is 3.42. The number of carbonyl (C=O) groups is 3. The summed E-state index contributed by atoms with van der Waals surface area (Å²) in [6.07, 6.45) is -0.190. The van der Waals surface area contributed by atoms with Crippen LogP contribution in [0.15, 0.2) is 48.5 Å². The van der Waals surface area contributed by atoms with Gasteiger partial charge < -0.3 is 10.1 Å². The number of anilines is 1. The predicted molar refractivity (Wildman–Crippen MR) is 120 cm³/mol. The molecule has 0 radical (unpaired) electrons. The van der Waals surface area contributed by atoms with Gasteiger partial charge in [0, 0.05) is 42.2 Å². The summed E-state index contributed by atoms with van der Waals surface area (Å²) in [5.41, 5.74) is 1.21. The smallest absolute Gasteiger partial charge is 0.322 e. The largest absolute Gasteiger partial charge is 0.424 e. The number of aryl methyl sites for hydroxylation is 2. The van der Waals surface area contributed by atoms with Gasteiger partial charge in [0.05, 0.1) is 10.5 Å². The van der Waals surface area contributed by atoms with E-state index < -0.39 is 28.3 Å². The zero-order valence-electron chi connectivity index (χ0n) is 18.3. The zero-order valence-corrected chi connectivity index (χ0v) is 18.3. The third-order valence-electron chi connectivity index (χ3n) is 5.02. The number of aromatic nitrogens is 2. The van der Waals surface area contributed by atoms with E-state index in [0.717, 1.165) is 16.3 Å². The van der Waals surface area contributed by atoms with E-state index in [1.807, 2.05) is 19.9 Å². The lowest BCUT2D eigenvalue weighted by atomic mass is 10.1. The molecule has 2 aromatic carbocycles. The summed E-state index contributed by atoms with van der Waals surface area (Å²) < 4.78 is 5.67. The van der Waals surface area contributed by atoms with E-state index in [9.17, 15) is 24.5 Å². The topological polar surface area (TPSA) is 145 Å². The third-order valence-corrected chi connectivity index (χ3v) is 5.02. The Balaban J connectivity index is 1.40. The maximum Gasteiger partial charge on any atom is 0.322 e. The standard InChI is InChI=1S/C23H19N5O6/c1-13-11-14(2)25-23(24-13)34-16-6-3-5-15(12-16)26-19(29)9-10-27-21(30)17-7-4-8-18(28(32)33)20(17)22(27)31/h3-8,11-12H,9-10H2,1-2H3,(H,26,29). The number of nitrogens with one attached hydrogen (secondary N) is 1. The second-order valence-electron chi connectivity index (χ2n) is 7.58. The first-order valence-corrected chi connectivity index (χ1v) is 10.3. The zero-order chi connectivity index (χ0) is 24.4. The van der Waals surface area contributed by atoms with Crippen molar-refractivity contribution in [2.75, 3.05) is 11.9 Å². The second-order valence-corrected chi connectivity index (χ2v) is 7.58. The first kappa shape index (κ1) is 22.5. The molecule has 0 saturated carbocycles. The summed E-state index contributed by atoms with van der Waals surface area (Å²) >= 11 is 0. The fourth-order valence-corrected chi connectivity index (χ4v) is 3.59. The van der Waals surface area contributed by atoms with E-state index in [-0.39, 0.29) is 30.1 Å². The fourth-order valence-electron chi connectivity index (χ4n) is 3.59. The lowest BCUT2D eigenvalue weighted by molar-refractivity contribution is -0.385. The minimum atomic E-state index is -0.788. The molecule has 0 aliphatic carbocycles. The Hall–Kier alpha value is -4.67. The van der Waals surface area contributed by atoms with Gasteiger partial charge in [0.1, 0.15) is 11.3 Å². The van der Waals surface area contributed by atoms with Crippen molar-refractivity contribution in [2.45, 2.75) is 20.3 Å². The van der Waals surface area contributed by atoms with E-state index >= 15 is 0 Å². The summed E-state index contributed by atoms with van der Waals surface area (Å²) in [6, 6.07) is 12.5. The Bertz CT molecular complexity index is 1320. The van der Waals surface area contributed by atoms with Crippen LogP contribution in [0, 0.1) is 24.0 Å². The Morgan fingerprint density at radius 1 is 1.06 bits per heavy atom. The molecule has 172 valence electrons. The van der Waals surface area contributed by atoms with Crippen LogP contribution in [0.5, 0.6) is 11.8 Å². The van der Waals surface area contributed by atoms with Crippen LogP contribution in [-0.2, 0) is 4.79 Å². The average molecular weight is 461 g/mol. The van der Waals surface area contributed by atoms with Gasteiger partial charge in [-0.15, -0.1) is 0 Å². The molecule has 0 spiro atoms. The number of hydrogen-bond donors (Lipinski definition) is 1. The maximum atomic E-state index is 12.6. The number of nitrogens with zero attached hydrogens (tertiary/aromatic N) is 4. The minimum absolute atomic E-state index is 0.0435. The maximum absolute atomic E-state index is 12.6. The molecular weight excluding hydrogens is 442 g/mol. The van der Waals surface area contributed by atoms with Crippen molar-refractivity contribution in [3.05, 3.63) is 81.2 Å². The lowest BCUT2D eigenvalue weighted by Gasteiger charge is -2.13. The number of rotatable bonds is 7. The lowest BCUT2D eigenvalue weighted by Crippen LogP contribution is -2.33. The highest BCUT2D eigenvalue weighted by molar-refractivity contribution is 6.23. The van der Waals surface area contributed by atoms with Gasteiger partial charge in [-0.05, 0) is 38.1 Å². The second kappa shape index (κ2) is 9.06. The number of benzene rings is 2. The van der Waals surface area contributed by atoms with Crippen molar-refractivity contribution in [1.82, 2.24) is 14.9 Å². The fraction of sp³-hybridized carbons (Fsp3) is 0.174. The molecular formula is C23H19N5O6. The molecule has 1 aromatic heterocycles. The molecule has 1 aliphatic heterocycles. The van der Waals surface area contributed by atoms with Gasteiger partial charge in [-0.25, -0.2) is 9.97 Å². The van der Waals surface area contributed by atoms with Crippen LogP contribution in [0.4, 0.5) is 11.4 Å². The molecule has 0 atom stereocenters. The Labute approximate surface area is 193 Å². The molecule has 1 aliphatic rings. The van der Waals surface area contributed by atoms with Crippen molar-refractivity contribution in [2.24, 2.45) is 0 Å². The molecule has 2 heterocycles. The average Bonchev–Trinajstić information content (AvgIpc) is 3.01. The van der Waals surface area contributed by atoms with Crippen LogP contribution in [-0.4, -0.2) is 44.1 Å².